The molecule has 1 atom stereocenters. The minimum atomic E-state index is -0.566. The van der Waals surface area contributed by atoms with Crippen molar-refractivity contribution in [1.29, 1.82) is 0 Å². The standard InChI is InChI=1S/C23H31F2N5O/c1-3-26-23(27-12-4-5-13-30-17(2)7-6-8-22(30)31)28-19-11-14-29(16-19)21-10-9-18(24)15-20(21)25/h6-10,15,19H,3-5,11-14,16H2,1-2H3,(H2,26,27,28). The Morgan fingerprint density at radius 1 is 1.23 bits per heavy atom. The Hall–Kier alpha value is -2.90. The Bertz CT molecular complexity index is 959. The molecule has 0 amide bonds. The topological polar surface area (TPSA) is 61.7 Å². The van der Waals surface area contributed by atoms with Crippen LogP contribution < -0.4 is 21.1 Å². The van der Waals surface area contributed by atoms with Gasteiger partial charge < -0.3 is 20.1 Å². The van der Waals surface area contributed by atoms with Crippen molar-refractivity contribution in [2.45, 2.75) is 45.7 Å². The molecule has 31 heavy (non-hydrogen) atoms. The highest BCUT2D eigenvalue weighted by Gasteiger charge is 2.25. The highest BCUT2D eigenvalue weighted by atomic mass is 19.1. The fraction of sp³-hybridized carbons (Fsp3) is 0.478. The fourth-order valence-corrected chi connectivity index (χ4v) is 3.83. The smallest absolute Gasteiger partial charge is 0.250 e. The molecule has 2 aromatic rings. The Balaban J connectivity index is 1.49. The molecule has 2 N–H and O–H groups in total. The van der Waals surface area contributed by atoms with Crippen molar-refractivity contribution in [3.05, 3.63) is 64.1 Å². The maximum Gasteiger partial charge on any atom is 0.250 e. The van der Waals surface area contributed by atoms with E-state index in [0.29, 0.717) is 31.9 Å². The lowest BCUT2D eigenvalue weighted by atomic mass is 10.2. The quantitative estimate of drug-likeness (QED) is 0.383. The van der Waals surface area contributed by atoms with Gasteiger partial charge in [-0.05, 0) is 51.3 Å². The Kier molecular flexibility index (Phi) is 8.03. The first-order chi connectivity index (χ1) is 15.0. The zero-order valence-corrected chi connectivity index (χ0v) is 18.2. The van der Waals surface area contributed by atoms with Crippen LogP contribution in [0.3, 0.4) is 0 Å². The molecule has 168 valence electrons. The van der Waals surface area contributed by atoms with Crippen molar-refractivity contribution in [3.8, 4) is 0 Å². The van der Waals surface area contributed by atoms with Gasteiger partial charge in [0.25, 0.3) is 5.56 Å². The van der Waals surface area contributed by atoms with E-state index in [1.807, 2.05) is 24.8 Å². The van der Waals surface area contributed by atoms with Crippen LogP contribution in [0, 0.1) is 18.6 Å². The van der Waals surface area contributed by atoms with E-state index in [1.54, 1.807) is 16.7 Å². The first-order valence-corrected chi connectivity index (χ1v) is 10.9. The molecular weight excluding hydrogens is 400 g/mol. The number of nitrogens with zero attached hydrogens (tertiary/aromatic N) is 3. The van der Waals surface area contributed by atoms with Crippen LogP contribution in [-0.4, -0.2) is 42.7 Å². The normalized spacial score (nSPS) is 16.6. The van der Waals surface area contributed by atoms with Gasteiger partial charge in [-0.1, -0.05) is 6.07 Å². The van der Waals surface area contributed by atoms with E-state index in [4.69, 9.17) is 0 Å². The lowest BCUT2D eigenvalue weighted by Crippen LogP contribution is -2.44. The number of unbranched alkanes of at least 4 members (excludes halogenated alkanes) is 1. The second-order valence-electron chi connectivity index (χ2n) is 7.80. The number of aryl methyl sites for hydroxylation is 1. The molecule has 1 aliphatic rings. The highest BCUT2D eigenvalue weighted by molar-refractivity contribution is 5.80. The van der Waals surface area contributed by atoms with Gasteiger partial charge in [-0.3, -0.25) is 9.79 Å². The molecule has 2 heterocycles. The summed E-state index contributed by atoms with van der Waals surface area (Å²) in [6.45, 7) is 7.36. The second kappa shape index (κ2) is 10.9. The number of benzene rings is 1. The predicted molar refractivity (Wildman–Crippen MR) is 121 cm³/mol. The number of rotatable bonds is 8. The van der Waals surface area contributed by atoms with Crippen LogP contribution in [0.4, 0.5) is 14.5 Å². The largest absolute Gasteiger partial charge is 0.367 e. The maximum absolute atomic E-state index is 14.1. The fourth-order valence-electron chi connectivity index (χ4n) is 3.83. The predicted octanol–water partition coefficient (Wildman–Crippen LogP) is 3.05. The van der Waals surface area contributed by atoms with Gasteiger partial charge in [-0.25, -0.2) is 8.78 Å². The average Bonchev–Trinajstić information content (AvgIpc) is 3.18. The van der Waals surface area contributed by atoms with Crippen LogP contribution in [0.1, 0.15) is 31.9 Å². The molecule has 1 fully saturated rings. The number of aromatic nitrogens is 1. The summed E-state index contributed by atoms with van der Waals surface area (Å²) in [5.41, 5.74) is 1.43. The summed E-state index contributed by atoms with van der Waals surface area (Å²) in [5, 5.41) is 6.67. The van der Waals surface area contributed by atoms with Crippen molar-refractivity contribution in [2.24, 2.45) is 4.99 Å². The molecule has 1 saturated heterocycles. The third-order valence-electron chi connectivity index (χ3n) is 5.45. The molecule has 0 saturated carbocycles. The summed E-state index contributed by atoms with van der Waals surface area (Å²) < 4.78 is 29.0. The Morgan fingerprint density at radius 3 is 2.81 bits per heavy atom. The summed E-state index contributed by atoms with van der Waals surface area (Å²) in [4.78, 5) is 18.5. The van der Waals surface area contributed by atoms with Crippen LogP contribution in [0.15, 0.2) is 46.2 Å². The summed E-state index contributed by atoms with van der Waals surface area (Å²) in [6.07, 6.45) is 2.58. The molecule has 0 aliphatic carbocycles. The lowest BCUT2D eigenvalue weighted by Gasteiger charge is -2.21. The number of nitrogens with one attached hydrogen (secondary N) is 2. The minimum absolute atomic E-state index is 0.0295. The van der Waals surface area contributed by atoms with Gasteiger partial charge in [0.2, 0.25) is 0 Å². The third-order valence-corrected chi connectivity index (χ3v) is 5.45. The van der Waals surface area contributed by atoms with Crippen molar-refractivity contribution >= 4 is 11.6 Å². The Morgan fingerprint density at radius 2 is 2.06 bits per heavy atom. The molecular formula is C23H31F2N5O. The van der Waals surface area contributed by atoms with Gasteiger partial charge in [0.15, 0.2) is 5.96 Å². The second-order valence-corrected chi connectivity index (χ2v) is 7.80. The number of pyridine rings is 1. The summed E-state index contributed by atoms with van der Waals surface area (Å²) in [6, 6.07) is 9.14. The average molecular weight is 432 g/mol. The van der Waals surface area contributed by atoms with Gasteiger partial charge in [0, 0.05) is 56.6 Å². The zero-order chi connectivity index (χ0) is 22.2. The molecule has 6 nitrogen and oxygen atoms in total. The molecule has 0 radical (unpaired) electrons. The van der Waals surface area contributed by atoms with E-state index in [1.165, 1.54) is 12.1 Å². The molecule has 3 rings (SSSR count). The number of hydrogen-bond acceptors (Lipinski definition) is 3. The SMILES string of the molecule is CCNC(=NCCCCn1c(C)cccc1=O)NC1CCN(c2ccc(F)cc2F)C1. The Labute approximate surface area is 182 Å². The zero-order valence-electron chi connectivity index (χ0n) is 18.2. The number of halogens is 2. The third kappa shape index (κ3) is 6.29. The van der Waals surface area contributed by atoms with E-state index < -0.39 is 11.6 Å². The van der Waals surface area contributed by atoms with Crippen LogP contribution in [-0.2, 0) is 6.54 Å². The van der Waals surface area contributed by atoms with Crippen LogP contribution in [0.25, 0.3) is 0 Å². The van der Waals surface area contributed by atoms with Gasteiger partial charge >= 0.3 is 0 Å². The monoisotopic (exact) mass is 431 g/mol. The summed E-state index contributed by atoms with van der Waals surface area (Å²) >= 11 is 0. The molecule has 8 heteroatoms. The van der Waals surface area contributed by atoms with Gasteiger partial charge in [0.05, 0.1) is 5.69 Å². The molecule has 1 aliphatic heterocycles. The lowest BCUT2D eigenvalue weighted by molar-refractivity contribution is 0.580. The van der Waals surface area contributed by atoms with E-state index in [-0.39, 0.29) is 11.6 Å². The first kappa shape index (κ1) is 22.8. The van der Waals surface area contributed by atoms with Gasteiger partial charge in [-0.15, -0.1) is 0 Å². The van der Waals surface area contributed by atoms with Crippen LogP contribution in [0.2, 0.25) is 0 Å². The van der Waals surface area contributed by atoms with E-state index in [9.17, 15) is 13.6 Å². The van der Waals surface area contributed by atoms with E-state index in [2.05, 4.69) is 15.6 Å². The van der Waals surface area contributed by atoms with Crippen LogP contribution in [0.5, 0.6) is 0 Å². The number of guanidine groups is 1. The number of anilines is 1. The van der Waals surface area contributed by atoms with Crippen molar-refractivity contribution in [3.63, 3.8) is 0 Å². The van der Waals surface area contributed by atoms with E-state index >= 15 is 0 Å². The number of aliphatic imine (C=N–C) groups is 1. The van der Waals surface area contributed by atoms with Crippen molar-refractivity contribution in [2.75, 3.05) is 31.1 Å². The molecule has 0 spiro atoms. The maximum atomic E-state index is 14.1. The van der Waals surface area contributed by atoms with Crippen LogP contribution >= 0.6 is 0 Å². The number of hydrogen-bond donors (Lipinski definition) is 2. The van der Waals surface area contributed by atoms with Gasteiger partial charge in [-0.2, -0.15) is 0 Å². The van der Waals surface area contributed by atoms with Gasteiger partial charge in [0.1, 0.15) is 11.6 Å². The first-order valence-electron chi connectivity index (χ1n) is 10.9. The van der Waals surface area contributed by atoms with Crippen molar-refractivity contribution in [1.82, 2.24) is 15.2 Å². The highest BCUT2D eigenvalue weighted by Crippen LogP contribution is 2.24. The summed E-state index contributed by atoms with van der Waals surface area (Å²) in [5.74, 6) is -0.361. The minimum Gasteiger partial charge on any atom is -0.367 e. The molecule has 1 unspecified atom stereocenters. The molecule has 1 aromatic carbocycles. The molecule has 1 aromatic heterocycles. The molecule has 0 bridgehead atoms. The van der Waals surface area contributed by atoms with E-state index in [0.717, 1.165) is 43.5 Å². The summed E-state index contributed by atoms with van der Waals surface area (Å²) in [7, 11) is 0. The van der Waals surface area contributed by atoms with Crippen molar-refractivity contribution < 1.29 is 8.78 Å².